The second-order valence-electron chi connectivity index (χ2n) is 7.56. The number of benzene rings is 2. The van der Waals surface area contributed by atoms with Crippen molar-refractivity contribution in [2.75, 3.05) is 31.5 Å². The number of halogens is 1. The second-order valence-corrected chi connectivity index (χ2v) is 8.51. The molecule has 4 rings (SSSR count). The number of amides is 2. The molecule has 0 atom stereocenters. The van der Waals surface area contributed by atoms with Gasteiger partial charge in [0, 0.05) is 44.0 Å². The van der Waals surface area contributed by atoms with Crippen LogP contribution in [-0.4, -0.2) is 47.8 Å². The Morgan fingerprint density at radius 1 is 0.968 bits per heavy atom. The number of hydrogen-bond acceptors (Lipinski definition) is 4. The number of thiophene rings is 1. The third-order valence-electron chi connectivity index (χ3n) is 5.31. The third-order valence-corrected chi connectivity index (χ3v) is 6.18. The summed E-state index contributed by atoms with van der Waals surface area (Å²) in [5.41, 5.74) is 2.24. The number of rotatable bonds is 5. The maximum Gasteiger partial charge on any atom is 0.265 e. The van der Waals surface area contributed by atoms with Crippen LogP contribution in [-0.2, 0) is 6.54 Å². The molecule has 1 fully saturated rings. The first-order valence-electron chi connectivity index (χ1n) is 10.3. The molecule has 0 bridgehead atoms. The van der Waals surface area contributed by atoms with Crippen LogP contribution in [0.25, 0.3) is 0 Å². The molecule has 0 unspecified atom stereocenters. The molecule has 0 aliphatic carbocycles. The van der Waals surface area contributed by atoms with E-state index in [-0.39, 0.29) is 17.6 Å². The van der Waals surface area contributed by atoms with E-state index in [1.165, 1.54) is 23.5 Å². The minimum atomic E-state index is -0.231. The lowest BCUT2D eigenvalue weighted by atomic mass is 10.1. The third kappa shape index (κ3) is 5.57. The van der Waals surface area contributed by atoms with E-state index in [1.807, 2.05) is 16.3 Å². The fourth-order valence-corrected chi connectivity index (χ4v) is 4.31. The maximum absolute atomic E-state index is 13.1. The lowest BCUT2D eigenvalue weighted by molar-refractivity contribution is 0.0760. The largest absolute Gasteiger partial charge is 0.337 e. The first-order chi connectivity index (χ1) is 15.1. The SMILES string of the molecule is O=C(Nc1cccc(C(=O)N2CCCN(Cc3ccc(F)cc3)CC2)c1)c1cccs1. The Morgan fingerprint density at radius 2 is 1.81 bits per heavy atom. The molecule has 0 saturated carbocycles. The zero-order valence-electron chi connectivity index (χ0n) is 17.1. The predicted octanol–water partition coefficient (Wildman–Crippen LogP) is 4.49. The van der Waals surface area contributed by atoms with Crippen LogP contribution in [0.15, 0.2) is 66.0 Å². The lowest BCUT2D eigenvalue weighted by Crippen LogP contribution is -2.35. The van der Waals surface area contributed by atoms with Gasteiger partial charge in [0.1, 0.15) is 5.82 Å². The van der Waals surface area contributed by atoms with Crippen molar-refractivity contribution in [3.63, 3.8) is 0 Å². The van der Waals surface area contributed by atoms with Crippen molar-refractivity contribution in [3.8, 4) is 0 Å². The highest BCUT2D eigenvalue weighted by Gasteiger charge is 2.21. The molecule has 31 heavy (non-hydrogen) atoms. The van der Waals surface area contributed by atoms with E-state index in [9.17, 15) is 14.0 Å². The summed E-state index contributed by atoms with van der Waals surface area (Å²) in [5.74, 6) is -0.438. The fourth-order valence-electron chi connectivity index (χ4n) is 3.69. The topological polar surface area (TPSA) is 52.7 Å². The van der Waals surface area contributed by atoms with Crippen molar-refractivity contribution in [3.05, 3.63) is 87.9 Å². The first kappa shape index (κ1) is 21.2. The molecule has 1 aromatic heterocycles. The number of nitrogens with one attached hydrogen (secondary N) is 1. The van der Waals surface area contributed by atoms with Gasteiger partial charge in [-0.15, -0.1) is 11.3 Å². The molecule has 0 spiro atoms. The van der Waals surface area contributed by atoms with Crippen molar-refractivity contribution < 1.29 is 14.0 Å². The molecule has 2 heterocycles. The number of carbonyl (C=O) groups excluding carboxylic acids is 2. The normalized spacial score (nSPS) is 14.8. The van der Waals surface area contributed by atoms with E-state index < -0.39 is 0 Å². The predicted molar refractivity (Wildman–Crippen MR) is 121 cm³/mol. The summed E-state index contributed by atoms with van der Waals surface area (Å²) in [7, 11) is 0. The molecule has 0 radical (unpaired) electrons. The monoisotopic (exact) mass is 437 g/mol. The Labute approximate surface area is 185 Å². The lowest BCUT2D eigenvalue weighted by Gasteiger charge is -2.22. The summed E-state index contributed by atoms with van der Waals surface area (Å²) in [6.45, 7) is 3.71. The average molecular weight is 438 g/mol. The Balaban J connectivity index is 1.37. The summed E-state index contributed by atoms with van der Waals surface area (Å²) in [5, 5.41) is 4.71. The van der Waals surface area contributed by atoms with Crippen molar-refractivity contribution in [2.24, 2.45) is 0 Å². The van der Waals surface area contributed by atoms with Gasteiger partial charge in [-0.2, -0.15) is 0 Å². The highest BCUT2D eigenvalue weighted by atomic mass is 32.1. The quantitative estimate of drug-likeness (QED) is 0.640. The van der Waals surface area contributed by atoms with Gasteiger partial charge in [-0.3, -0.25) is 14.5 Å². The van der Waals surface area contributed by atoms with Crippen molar-refractivity contribution in [1.29, 1.82) is 0 Å². The van der Waals surface area contributed by atoms with Crippen LogP contribution in [0, 0.1) is 5.82 Å². The summed E-state index contributed by atoms with van der Waals surface area (Å²) in [4.78, 5) is 30.1. The Kier molecular flexibility index (Phi) is 6.74. The van der Waals surface area contributed by atoms with Gasteiger partial charge < -0.3 is 10.2 Å². The van der Waals surface area contributed by atoms with E-state index >= 15 is 0 Å². The zero-order valence-corrected chi connectivity index (χ0v) is 17.9. The molecule has 160 valence electrons. The van der Waals surface area contributed by atoms with Gasteiger partial charge >= 0.3 is 0 Å². The number of hydrogen-bond donors (Lipinski definition) is 1. The summed E-state index contributed by atoms with van der Waals surface area (Å²) >= 11 is 1.38. The molecule has 3 aromatic rings. The average Bonchev–Trinajstić information content (AvgIpc) is 3.23. The molecule has 1 N–H and O–H groups in total. The van der Waals surface area contributed by atoms with Crippen LogP contribution in [0.1, 0.15) is 32.0 Å². The van der Waals surface area contributed by atoms with Crippen molar-refractivity contribution in [1.82, 2.24) is 9.80 Å². The maximum atomic E-state index is 13.1. The van der Waals surface area contributed by atoms with Crippen LogP contribution < -0.4 is 5.32 Å². The van der Waals surface area contributed by atoms with E-state index in [0.29, 0.717) is 29.2 Å². The molecule has 5 nitrogen and oxygen atoms in total. The number of anilines is 1. The highest BCUT2D eigenvalue weighted by Crippen LogP contribution is 2.17. The minimum absolute atomic E-state index is 0.0316. The Hall–Kier alpha value is -3.03. The van der Waals surface area contributed by atoms with Crippen molar-refractivity contribution >= 4 is 28.8 Å². The standard InChI is InChI=1S/C24H24FN3O2S/c25-20-9-7-18(8-10-20)17-27-11-3-12-28(14-13-27)24(30)19-4-1-5-21(16-19)26-23(29)22-6-2-15-31-22/h1-2,4-10,15-16H,3,11-14,17H2,(H,26,29). The van der Waals surface area contributed by atoms with Gasteiger partial charge in [0.15, 0.2) is 0 Å². The molecular formula is C24H24FN3O2S. The first-order valence-corrected chi connectivity index (χ1v) is 11.2. The minimum Gasteiger partial charge on any atom is -0.337 e. The highest BCUT2D eigenvalue weighted by molar-refractivity contribution is 7.12. The molecular weight excluding hydrogens is 413 g/mol. The molecule has 2 amide bonds. The molecule has 1 aliphatic rings. The van der Waals surface area contributed by atoms with Gasteiger partial charge in [-0.1, -0.05) is 24.3 Å². The van der Waals surface area contributed by atoms with Gasteiger partial charge in [0.2, 0.25) is 0 Å². The van der Waals surface area contributed by atoms with Crippen LogP contribution >= 0.6 is 11.3 Å². The smallest absolute Gasteiger partial charge is 0.265 e. The van der Waals surface area contributed by atoms with Crippen molar-refractivity contribution in [2.45, 2.75) is 13.0 Å². The van der Waals surface area contributed by atoms with Gasteiger partial charge in [-0.25, -0.2) is 4.39 Å². The number of carbonyl (C=O) groups is 2. The Morgan fingerprint density at radius 3 is 2.58 bits per heavy atom. The molecule has 1 saturated heterocycles. The molecule has 1 aliphatic heterocycles. The molecule has 7 heteroatoms. The van der Waals surface area contributed by atoms with Crippen LogP contribution in [0.4, 0.5) is 10.1 Å². The van der Waals surface area contributed by atoms with Gasteiger partial charge in [0.25, 0.3) is 11.8 Å². The second kappa shape index (κ2) is 9.85. The Bertz CT molecular complexity index is 1040. The van der Waals surface area contributed by atoms with Gasteiger partial charge in [0.05, 0.1) is 4.88 Å². The summed E-state index contributed by atoms with van der Waals surface area (Å²) in [6.07, 6.45) is 0.877. The van der Waals surface area contributed by atoms with E-state index in [1.54, 1.807) is 42.5 Å². The van der Waals surface area contributed by atoms with E-state index in [4.69, 9.17) is 0 Å². The zero-order chi connectivity index (χ0) is 21.6. The van der Waals surface area contributed by atoms with Crippen LogP contribution in [0.2, 0.25) is 0 Å². The van der Waals surface area contributed by atoms with Crippen LogP contribution in [0.5, 0.6) is 0 Å². The molecule has 2 aromatic carbocycles. The van der Waals surface area contributed by atoms with E-state index in [0.717, 1.165) is 31.6 Å². The van der Waals surface area contributed by atoms with E-state index in [2.05, 4.69) is 10.2 Å². The van der Waals surface area contributed by atoms with Crippen LogP contribution in [0.3, 0.4) is 0 Å². The fraction of sp³-hybridized carbons (Fsp3) is 0.250. The summed E-state index contributed by atoms with van der Waals surface area (Å²) in [6, 6.07) is 17.3. The number of nitrogens with zero attached hydrogens (tertiary/aromatic N) is 2. The van der Waals surface area contributed by atoms with Gasteiger partial charge in [-0.05, 0) is 53.8 Å². The summed E-state index contributed by atoms with van der Waals surface area (Å²) < 4.78 is 13.1.